The molecule has 4 heterocycles. The first-order chi connectivity index (χ1) is 25.4. The van der Waals surface area contributed by atoms with E-state index in [9.17, 15) is 29.6 Å². The van der Waals surface area contributed by atoms with E-state index in [1.807, 2.05) is 0 Å². The average molecular weight is 885 g/mol. The average Bonchev–Trinajstić information content (AvgIpc) is 3.74. The number of hydrogen-bond donors (Lipinski definition) is 2. The summed E-state index contributed by atoms with van der Waals surface area (Å²) in [4.78, 5) is 54.6. The van der Waals surface area contributed by atoms with Crippen LogP contribution in [0, 0.1) is 10.4 Å². The summed E-state index contributed by atoms with van der Waals surface area (Å²) >= 11 is 16.2. The van der Waals surface area contributed by atoms with E-state index in [-0.39, 0.29) is 57.5 Å². The minimum atomic E-state index is -1.44. The SMILES string of the molecule is C[Si](C)(C)CCSc1c(C(=O)N2CCSC2=S)ccc(NC(C=O)CCC(C=O)Nc2ccc(C(=O)N3CCSC3=S)c(SCC[Si](C)(C)C)[n+]2[O-])[n+]1[O-]. The third-order valence-electron chi connectivity index (χ3n) is 8.52. The standard InChI is InChI=1S/C34H48N6O6S6Si2/c1-53(2,3)19-17-49-31-25(29(43)37-13-15-51-33(37)47)9-11-27(39(31)45)35-23(21-41)7-8-24(22-42)36-28-12-10-26(30(44)38-14-16-52-34(38)48)32(40(28)46)50-18-20-54(4,5)6/h9-12,21-24,35-36H,7-8,13-20H2,1-6H3. The molecule has 0 radical (unpaired) electrons. The molecule has 54 heavy (non-hydrogen) atoms. The van der Waals surface area contributed by atoms with Crippen molar-refractivity contribution in [1.82, 2.24) is 9.80 Å². The zero-order valence-corrected chi connectivity index (χ0v) is 38.3. The van der Waals surface area contributed by atoms with Gasteiger partial charge in [0.25, 0.3) is 23.5 Å². The van der Waals surface area contributed by atoms with E-state index in [4.69, 9.17) is 24.4 Å². The predicted molar refractivity (Wildman–Crippen MR) is 237 cm³/mol. The van der Waals surface area contributed by atoms with Crippen LogP contribution in [-0.4, -0.2) is 107 Å². The maximum atomic E-state index is 13.8. The van der Waals surface area contributed by atoms with Crippen molar-refractivity contribution in [3.05, 3.63) is 45.8 Å². The minimum Gasteiger partial charge on any atom is -0.710 e. The molecule has 0 aromatic carbocycles. The van der Waals surface area contributed by atoms with E-state index in [2.05, 4.69) is 49.9 Å². The van der Waals surface area contributed by atoms with Crippen LogP contribution in [0.3, 0.4) is 0 Å². The second-order valence-corrected chi connectivity index (χ2v) is 32.1. The van der Waals surface area contributed by atoms with Gasteiger partial charge in [-0.1, -0.05) is 111 Å². The number of thioether (sulfide) groups is 4. The van der Waals surface area contributed by atoms with Crippen molar-refractivity contribution in [2.24, 2.45) is 0 Å². The van der Waals surface area contributed by atoms with Crippen LogP contribution in [0.1, 0.15) is 33.6 Å². The number of aldehydes is 2. The second kappa shape index (κ2) is 19.8. The Bertz CT molecular complexity index is 1640. The molecule has 2 atom stereocenters. The van der Waals surface area contributed by atoms with Crippen LogP contribution < -0.4 is 20.1 Å². The zero-order chi connectivity index (χ0) is 39.8. The van der Waals surface area contributed by atoms with Crippen LogP contribution in [0.2, 0.25) is 51.4 Å². The number of amides is 2. The fraction of sp³-hybridized carbons (Fsp3) is 0.529. The third-order valence-corrected chi connectivity index (χ3v) is 17.7. The van der Waals surface area contributed by atoms with Crippen LogP contribution >= 0.6 is 71.5 Å². The highest BCUT2D eigenvalue weighted by molar-refractivity contribution is 8.23. The highest BCUT2D eigenvalue weighted by Gasteiger charge is 2.32. The van der Waals surface area contributed by atoms with Gasteiger partial charge in [-0.2, -0.15) is 0 Å². The lowest BCUT2D eigenvalue weighted by Crippen LogP contribution is -2.41. The first-order valence-corrected chi connectivity index (χ1v) is 29.8. The molecule has 12 nitrogen and oxygen atoms in total. The van der Waals surface area contributed by atoms with Crippen molar-refractivity contribution in [1.29, 1.82) is 0 Å². The second-order valence-electron chi connectivity index (χ2n) is 15.3. The van der Waals surface area contributed by atoms with E-state index < -0.39 is 28.2 Å². The maximum Gasteiger partial charge on any atom is 0.278 e. The number of nitrogens with zero attached hydrogens (tertiary/aromatic N) is 4. The van der Waals surface area contributed by atoms with Gasteiger partial charge in [0.2, 0.25) is 0 Å². The van der Waals surface area contributed by atoms with E-state index in [0.717, 1.165) is 12.1 Å². The molecule has 2 aromatic rings. The number of aromatic nitrogens is 2. The van der Waals surface area contributed by atoms with Crippen molar-refractivity contribution < 1.29 is 28.6 Å². The molecule has 4 rings (SSSR count). The number of carbonyl (C=O) groups excluding carboxylic acids is 4. The lowest BCUT2D eigenvalue weighted by Gasteiger charge is -2.22. The zero-order valence-electron chi connectivity index (χ0n) is 31.4. The van der Waals surface area contributed by atoms with Gasteiger partial charge >= 0.3 is 0 Å². The van der Waals surface area contributed by atoms with Crippen molar-refractivity contribution in [3.63, 3.8) is 0 Å². The summed E-state index contributed by atoms with van der Waals surface area (Å²) < 4.78 is 2.29. The number of hydrogen-bond acceptors (Lipinski definition) is 14. The lowest BCUT2D eigenvalue weighted by molar-refractivity contribution is -0.631. The molecule has 0 saturated carbocycles. The van der Waals surface area contributed by atoms with Gasteiger partial charge in [0, 0.05) is 52.9 Å². The molecular formula is C34H48N6O6S6Si2. The van der Waals surface area contributed by atoms with Crippen LogP contribution in [0.15, 0.2) is 34.3 Å². The summed E-state index contributed by atoms with van der Waals surface area (Å²) in [5, 5.41) is 34.1. The van der Waals surface area contributed by atoms with Crippen molar-refractivity contribution in [2.75, 3.05) is 46.7 Å². The molecule has 2 saturated heterocycles. The van der Waals surface area contributed by atoms with Gasteiger partial charge in [-0.15, -0.1) is 0 Å². The minimum absolute atomic E-state index is 0.0988. The monoisotopic (exact) mass is 884 g/mol. The summed E-state index contributed by atoms with van der Waals surface area (Å²) in [6.07, 6.45) is 1.63. The van der Waals surface area contributed by atoms with Crippen LogP contribution in [0.5, 0.6) is 0 Å². The van der Waals surface area contributed by atoms with Gasteiger partial charge < -0.3 is 10.4 Å². The van der Waals surface area contributed by atoms with Crippen LogP contribution in [-0.2, 0) is 9.59 Å². The fourth-order valence-electron chi connectivity index (χ4n) is 5.29. The Hall–Kier alpha value is -2.21. The molecule has 2 N–H and O–H groups in total. The van der Waals surface area contributed by atoms with Gasteiger partial charge in [0.1, 0.15) is 20.7 Å². The quantitative estimate of drug-likeness (QED) is 0.0411. The molecule has 2 aliphatic rings. The number of nitrogens with one attached hydrogen (secondary N) is 2. The van der Waals surface area contributed by atoms with Crippen LogP contribution in [0.4, 0.5) is 11.6 Å². The molecule has 2 aliphatic heterocycles. The van der Waals surface area contributed by atoms with Gasteiger partial charge in [0.15, 0.2) is 22.6 Å². The Balaban J connectivity index is 1.51. The normalized spacial score (nSPS) is 16.0. The van der Waals surface area contributed by atoms with Gasteiger partial charge in [-0.05, 0) is 48.6 Å². The van der Waals surface area contributed by atoms with E-state index in [1.54, 1.807) is 12.1 Å². The lowest BCUT2D eigenvalue weighted by atomic mass is 10.1. The smallest absolute Gasteiger partial charge is 0.278 e. The summed E-state index contributed by atoms with van der Waals surface area (Å²) in [5.74, 6) is 2.25. The molecule has 2 fully saturated rings. The highest BCUT2D eigenvalue weighted by Crippen LogP contribution is 2.30. The Morgan fingerprint density at radius 2 is 1.13 bits per heavy atom. The molecular weight excluding hydrogens is 837 g/mol. The number of anilines is 2. The molecule has 2 aromatic heterocycles. The Morgan fingerprint density at radius 3 is 1.43 bits per heavy atom. The Kier molecular flexibility index (Phi) is 16.3. The molecule has 20 heteroatoms. The van der Waals surface area contributed by atoms with Gasteiger partial charge in [-0.3, -0.25) is 39.6 Å². The molecule has 0 bridgehead atoms. The fourth-order valence-corrected chi connectivity index (χ4v) is 14.9. The first-order valence-electron chi connectivity index (χ1n) is 17.6. The molecule has 294 valence electrons. The summed E-state index contributed by atoms with van der Waals surface area (Å²) in [7, 11) is -2.87. The van der Waals surface area contributed by atoms with Gasteiger partial charge in [-0.25, -0.2) is 9.46 Å². The topological polar surface area (TPSA) is 153 Å². The maximum absolute atomic E-state index is 13.8. The molecule has 0 aliphatic carbocycles. The first kappa shape index (κ1) is 44.5. The number of pyridine rings is 2. The van der Waals surface area contributed by atoms with Gasteiger partial charge in [0.05, 0.1) is 11.1 Å². The largest absolute Gasteiger partial charge is 0.710 e. The van der Waals surface area contributed by atoms with Crippen LogP contribution in [0.25, 0.3) is 0 Å². The molecule has 0 spiro atoms. The number of carbonyl (C=O) groups is 4. The summed E-state index contributed by atoms with van der Waals surface area (Å²) in [6, 6.07) is 6.32. The summed E-state index contributed by atoms with van der Waals surface area (Å²) in [5.41, 5.74) is 0.514. The Morgan fingerprint density at radius 1 is 0.759 bits per heavy atom. The Labute approximate surface area is 347 Å². The van der Waals surface area contributed by atoms with E-state index in [1.165, 1.54) is 69.0 Å². The molecule has 2 amide bonds. The van der Waals surface area contributed by atoms with E-state index >= 15 is 0 Å². The third kappa shape index (κ3) is 12.1. The van der Waals surface area contributed by atoms with E-state index in [0.29, 0.717) is 66.8 Å². The number of thiocarbonyl (C=S) groups is 2. The number of rotatable bonds is 19. The predicted octanol–water partition coefficient (Wildman–Crippen LogP) is 6.20. The summed E-state index contributed by atoms with van der Waals surface area (Å²) in [6.45, 7) is 14.4. The van der Waals surface area contributed by atoms with Crippen molar-refractivity contribution >= 4 is 132 Å². The van der Waals surface area contributed by atoms with Crippen molar-refractivity contribution in [2.45, 2.75) is 86.3 Å². The highest BCUT2D eigenvalue weighted by atomic mass is 32.2. The molecule has 2 unspecified atom stereocenters. The van der Waals surface area contributed by atoms with Crippen molar-refractivity contribution in [3.8, 4) is 0 Å².